The summed E-state index contributed by atoms with van der Waals surface area (Å²) >= 11 is 12.7. The SMILES string of the molecule is ClB(Cl)Cl.[Cl-].[Cl-].[Cl][Al]([Cl])[Cl].[Mg+2]. The quantitative estimate of drug-likeness (QED) is 0.411. The Bertz CT molecular complexity index is 29.6. The minimum atomic E-state index is -1.72. The summed E-state index contributed by atoms with van der Waals surface area (Å²) in [6.45, 7) is 0. The van der Waals surface area contributed by atoms with Gasteiger partial charge in [0.25, 0.3) is 0 Å². The van der Waals surface area contributed by atoms with Gasteiger partial charge in [0.15, 0.2) is 0 Å². The predicted octanol–water partition coefficient (Wildman–Crippen LogP) is -3.00. The van der Waals surface area contributed by atoms with E-state index in [4.69, 9.17) is 64.5 Å². The average Bonchev–Trinajstić information content (AvgIpc) is 1.25. The van der Waals surface area contributed by atoms with Crippen molar-refractivity contribution < 1.29 is 24.8 Å². The summed E-state index contributed by atoms with van der Waals surface area (Å²) in [5.74, 6) is 0. The molecule has 0 bridgehead atoms. The maximum Gasteiger partial charge on any atom is 2.00 e. The van der Waals surface area contributed by atoms with E-state index in [-0.39, 0.29) is 47.9 Å². The van der Waals surface area contributed by atoms with E-state index in [1.54, 1.807) is 0 Å². The molecule has 0 nitrogen and oxygen atoms in total. The zero-order valence-corrected chi connectivity index (χ0v) is 13.5. The molecule has 11 heteroatoms. The standard InChI is InChI=1S/Al.BCl3.5ClH.Mg/c;2-1(3)4;;;;;;/h;;5*1H;/q+3;;;;;;;+2/p-5. The summed E-state index contributed by atoms with van der Waals surface area (Å²) < 4.78 is 0. The van der Waals surface area contributed by atoms with Crippen LogP contribution in [-0.4, -0.2) is 39.4 Å². The number of rotatable bonds is 0. The Hall–Kier alpha value is 3.68. The summed E-state index contributed by atoms with van der Waals surface area (Å²) in [6, 6.07) is 0. The molecule has 0 unspecified atom stereocenters. The van der Waals surface area contributed by atoms with Gasteiger partial charge in [0.1, 0.15) is 0 Å². The first-order chi connectivity index (χ1) is 3.46. The van der Waals surface area contributed by atoms with Crippen LogP contribution in [-0.2, 0) is 0 Å². The van der Waals surface area contributed by atoms with Gasteiger partial charge in [-0.25, -0.2) is 30.1 Å². The van der Waals surface area contributed by atoms with Crippen LogP contribution >= 0.6 is 64.5 Å². The van der Waals surface area contributed by atoms with E-state index in [1.807, 2.05) is 0 Å². The Morgan fingerprint density at radius 2 is 0.818 bits per heavy atom. The molecule has 0 spiro atoms. The van der Waals surface area contributed by atoms with Gasteiger partial charge in [-0.3, -0.25) is 0 Å². The van der Waals surface area contributed by atoms with Crippen LogP contribution in [0.1, 0.15) is 0 Å². The van der Waals surface area contributed by atoms with Crippen LogP contribution in [0.15, 0.2) is 0 Å². The molecule has 0 aliphatic heterocycles. The van der Waals surface area contributed by atoms with E-state index in [0.717, 1.165) is 0 Å². The van der Waals surface area contributed by atoms with Gasteiger partial charge >= 0.3 is 39.4 Å². The normalized spacial score (nSPS) is 4.91. The molecule has 0 saturated heterocycles. The van der Waals surface area contributed by atoms with Crippen LogP contribution in [0, 0.1) is 0 Å². The zero-order chi connectivity index (χ0) is 7.15. The Kier molecular flexibility index (Phi) is 62.6. The van der Waals surface area contributed by atoms with E-state index < -0.39 is 16.3 Å². The van der Waals surface area contributed by atoms with Gasteiger partial charge in [-0.1, -0.05) is 0 Å². The van der Waals surface area contributed by atoms with Crippen LogP contribution < -0.4 is 24.8 Å². The fraction of sp³-hybridized carbons (Fsp3) is 0. The molecule has 0 aromatic carbocycles. The van der Waals surface area contributed by atoms with Gasteiger partial charge in [0, 0.05) is 0 Å². The van der Waals surface area contributed by atoms with E-state index in [9.17, 15) is 0 Å². The van der Waals surface area contributed by atoms with Crippen molar-refractivity contribution in [1.29, 1.82) is 0 Å². The predicted molar refractivity (Wildman–Crippen MR) is 52.4 cm³/mol. The van der Waals surface area contributed by atoms with E-state index in [1.165, 1.54) is 0 Å². The molecule has 0 heterocycles. The second kappa shape index (κ2) is 23.5. The Morgan fingerprint density at radius 1 is 0.818 bits per heavy atom. The summed E-state index contributed by atoms with van der Waals surface area (Å²) in [5.41, 5.74) is 0. The molecule has 0 aliphatic rings. The van der Waals surface area contributed by atoms with Crippen LogP contribution in [0.5, 0.6) is 0 Å². The molecule has 0 fully saturated rings. The first-order valence-corrected chi connectivity index (χ1v) is 7.86. The van der Waals surface area contributed by atoms with Gasteiger partial charge in [-0.15, -0.1) is 0 Å². The summed E-state index contributed by atoms with van der Waals surface area (Å²) in [7, 11) is 14.8. The van der Waals surface area contributed by atoms with Crippen LogP contribution in [0.4, 0.5) is 0 Å². The fourth-order valence-corrected chi connectivity index (χ4v) is 0. The largest absolute Gasteiger partial charge is 2.00 e. The maximum atomic E-state index is 4.94. The zero-order valence-electron chi connectivity index (χ0n) is 4.89. The number of hydrogen-bond donors (Lipinski definition) is 0. The Morgan fingerprint density at radius 3 is 0.818 bits per heavy atom. The first kappa shape index (κ1) is 29.3. The van der Waals surface area contributed by atoms with Crippen molar-refractivity contribution in [2.24, 2.45) is 0 Å². The summed E-state index contributed by atoms with van der Waals surface area (Å²) in [6.07, 6.45) is 0. The molecule has 0 rings (SSSR count). The van der Waals surface area contributed by atoms with Gasteiger partial charge in [0.2, 0.25) is 0 Å². The molecule has 0 radical (unpaired) electrons. The molecule has 0 N–H and O–H groups in total. The molecule has 0 aromatic heterocycles. The average molecular weight is 346 g/mol. The van der Waals surface area contributed by atoms with Crippen molar-refractivity contribution in [3.05, 3.63) is 0 Å². The second-order valence-electron chi connectivity index (χ2n) is 0.495. The van der Waals surface area contributed by atoms with E-state index in [2.05, 4.69) is 0 Å². The second-order valence-corrected chi connectivity index (χ2v) is 8.91. The molecular formula is AlBCl8Mg. The molecule has 0 aliphatic carbocycles. The van der Waals surface area contributed by atoms with Crippen molar-refractivity contribution in [3.63, 3.8) is 0 Å². The third-order valence-electron chi connectivity index (χ3n) is 0. The number of halogens is 8. The first-order valence-electron chi connectivity index (χ1n) is 1.31. The maximum absolute atomic E-state index is 4.94. The molecule has 0 atom stereocenters. The fourth-order valence-electron chi connectivity index (χ4n) is 0. The third-order valence-corrected chi connectivity index (χ3v) is 0. The van der Waals surface area contributed by atoms with Crippen LogP contribution in [0.25, 0.3) is 0 Å². The molecule has 0 amide bonds. The van der Waals surface area contributed by atoms with Crippen molar-refractivity contribution >= 4 is 104 Å². The van der Waals surface area contributed by atoms with Gasteiger partial charge < -0.3 is 24.8 Å². The van der Waals surface area contributed by atoms with Crippen LogP contribution in [0.2, 0.25) is 0 Å². The summed E-state index contributed by atoms with van der Waals surface area (Å²) in [5, 5.41) is 0. The number of hydrogen-bond acceptors (Lipinski definition) is 0. The Balaban J connectivity index is -0.0000000171. The minimum Gasteiger partial charge on any atom is -1.00 e. The van der Waals surface area contributed by atoms with Crippen LogP contribution in [0.3, 0.4) is 0 Å². The molecular weight excluding hydrogens is 346 g/mol. The molecule has 0 saturated carbocycles. The van der Waals surface area contributed by atoms with Gasteiger partial charge in [-0.2, -0.15) is 34.4 Å². The minimum absolute atomic E-state index is 0. The van der Waals surface area contributed by atoms with Gasteiger partial charge in [-0.05, 0) is 0 Å². The van der Waals surface area contributed by atoms with Crippen molar-refractivity contribution in [2.75, 3.05) is 0 Å². The smallest absolute Gasteiger partial charge is 1.00 e. The topological polar surface area (TPSA) is 0 Å². The van der Waals surface area contributed by atoms with Crippen molar-refractivity contribution in [1.82, 2.24) is 0 Å². The van der Waals surface area contributed by atoms with E-state index in [0.29, 0.717) is 0 Å². The van der Waals surface area contributed by atoms with Gasteiger partial charge in [0.05, 0.1) is 0 Å². The molecule has 11 heavy (non-hydrogen) atoms. The Labute approximate surface area is 127 Å². The third kappa shape index (κ3) is 138. The van der Waals surface area contributed by atoms with Crippen molar-refractivity contribution in [3.8, 4) is 0 Å². The van der Waals surface area contributed by atoms with E-state index >= 15 is 0 Å². The van der Waals surface area contributed by atoms with Crippen molar-refractivity contribution in [2.45, 2.75) is 0 Å². The monoisotopic (exact) mass is 342 g/mol. The molecule has 0 aromatic rings. The molecule has 64 valence electrons. The summed E-state index contributed by atoms with van der Waals surface area (Å²) in [4.78, 5) is -0.750.